The third-order valence-corrected chi connectivity index (χ3v) is 11.4. The highest BCUT2D eigenvalue weighted by Gasteiger charge is 2.26. The summed E-state index contributed by atoms with van der Waals surface area (Å²) in [6.07, 6.45) is -0.450. The molecule has 11 rings (SSSR count). The molecule has 6 heteroatoms. The summed E-state index contributed by atoms with van der Waals surface area (Å²) in [4.78, 5) is 5.27. The predicted molar refractivity (Wildman–Crippen MR) is 210 cm³/mol. The molecule has 3 aromatic heterocycles. The molecule has 2 N–H and O–H groups in total. The first-order valence-electron chi connectivity index (χ1n) is 17.2. The zero-order chi connectivity index (χ0) is 33.5. The van der Waals surface area contributed by atoms with Crippen molar-refractivity contribution in [1.82, 2.24) is 10.6 Å². The van der Waals surface area contributed by atoms with Crippen LogP contribution in [-0.2, 0) is 0 Å². The van der Waals surface area contributed by atoms with E-state index in [4.69, 9.17) is 13.8 Å². The molecule has 0 radical (unpaired) electrons. The molecule has 0 saturated carbocycles. The predicted octanol–water partition coefficient (Wildman–Crippen LogP) is 11.9. The summed E-state index contributed by atoms with van der Waals surface area (Å²) in [5.41, 5.74) is 9.05. The smallest absolute Gasteiger partial charge is 0.135 e. The van der Waals surface area contributed by atoms with Gasteiger partial charge in [0.05, 0.1) is 0 Å². The van der Waals surface area contributed by atoms with E-state index in [0.717, 1.165) is 66.4 Å². The number of hydrogen-bond acceptors (Lipinski definition) is 6. The Morgan fingerprint density at radius 3 is 2.06 bits per heavy atom. The van der Waals surface area contributed by atoms with Crippen molar-refractivity contribution in [2.75, 3.05) is 0 Å². The molecule has 4 heterocycles. The van der Waals surface area contributed by atoms with E-state index >= 15 is 0 Å². The standard InChI is InChI=1S/C45H29N3O2S/c1-2-9-26(10-3-1)43-46-44(48-45(47-43)29-17-20-32-31-11-4-6-15-37(31)50-40(32)25-29)28-19-22-39-36(24-28)35-23-27(18-21-38(35)49-39)30-13-8-14-34-33-12-5-7-16-41(33)51-42(30)34/h1-25,43,45,47H,(H,46,48). The van der Waals surface area contributed by atoms with Crippen molar-refractivity contribution in [3.8, 4) is 11.1 Å². The van der Waals surface area contributed by atoms with Crippen molar-refractivity contribution in [2.45, 2.75) is 12.3 Å². The molecule has 5 nitrogen and oxygen atoms in total. The molecule has 51 heavy (non-hydrogen) atoms. The minimum atomic E-state index is -0.297. The zero-order valence-electron chi connectivity index (χ0n) is 27.3. The summed E-state index contributed by atoms with van der Waals surface area (Å²) < 4.78 is 15.3. The molecule has 1 aliphatic heterocycles. The minimum Gasteiger partial charge on any atom is -0.456 e. The second kappa shape index (κ2) is 11.2. The first-order chi connectivity index (χ1) is 25.2. The van der Waals surface area contributed by atoms with Gasteiger partial charge in [-0.25, -0.2) is 4.99 Å². The lowest BCUT2D eigenvalue weighted by atomic mass is 10.00. The molecule has 242 valence electrons. The SMILES string of the molecule is c1ccc(C2NC(c3ccc4oc5ccc(-c6cccc7c6sc6ccccc67)cc5c4c3)=NC(c3ccc4c(c3)oc3ccccc34)N2)cc1. The number of fused-ring (bicyclic) bond motifs is 9. The van der Waals surface area contributed by atoms with Gasteiger partial charge in [0.25, 0.3) is 0 Å². The van der Waals surface area contributed by atoms with Crippen LogP contribution in [0.1, 0.15) is 29.0 Å². The summed E-state index contributed by atoms with van der Waals surface area (Å²) in [6, 6.07) is 53.3. The van der Waals surface area contributed by atoms with E-state index in [1.165, 1.54) is 31.3 Å². The van der Waals surface area contributed by atoms with Gasteiger partial charge in [-0.05, 0) is 70.8 Å². The molecular weight excluding hydrogens is 647 g/mol. The van der Waals surface area contributed by atoms with Crippen molar-refractivity contribution in [2.24, 2.45) is 4.99 Å². The quantitative estimate of drug-likeness (QED) is 0.195. The summed E-state index contributed by atoms with van der Waals surface area (Å²) >= 11 is 1.85. The average molecular weight is 676 g/mol. The van der Waals surface area contributed by atoms with Gasteiger partial charge in [0.15, 0.2) is 0 Å². The molecule has 0 saturated heterocycles. The van der Waals surface area contributed by atoms with Gasteiger partial charge < -0.3 is 14.2 Å². The number of aliphatic imine (C=N–C) groups is 1. The van der Waals surface area contributed by atoms with E-state index in [-0.39, 0.29) is 12.3 Å². The Hall–Kier alpha value is -6.21. The van der Waals surface area contributed by atoms with Crippen molar-refractivity contribution in [1.29, 1.82) is 0 Å². The normalized spacial score (nSPS) is 16.4. The van der Waals surface area contributed by atoms with Gasteiger partial charge in [-0.2, -0.15) is 0 Å². The molecule has 0 amide bonds. The monoisotopic (exact) mass is 675 g/mol. The maximum Gasteiger partial charge on any atom is 0.135 e. The van der Waals surface area contributed by atoms with Crippen LogP contribution in [-0.4, -0.2) is 5.84 Å². The average Bonchev–Trinajstić information content (AvgIpc) is 3.88. The van der Waals surface area contributed by atoms with Crippen molar-refractivity contribution in [3.63, 3.8) is 0 Å². The Morgan fingerprint density at radius 2 is 1.18 bits per heavy atom. The molecule has 10 aromatic rings. The van der Waals surface area contributed by atoms with Crippen molar-refractivity contribution in [3.05, 3.63) is 168 Å². The van der Waals surface area contributed by atoms with E-state index in [1.54, 1.807) is 0 Å². The van der Waals surface area contributed by atoms with E-state index in [2.05, 4.69) is 138 Å². The van der Waals surface area contributed by atoms with Crippen LogP contribution in [0.4, 0.5) is 0 Å². The molecule has 1 aliphatic rings. The Kier molecular flexibility index (Phi) is 6.26. The van der Waals surface area contributed by atoms with Crippen LogP contribution in [0.15, 0.2) is 165 Å². The number of para-hydroxylation sites is 1. The lowest BCUT2D eigenvalue weighted by molar-refractivity contribution is 0.409. The number of benzene rings is 7. The summed E-state index contributed by atoms with van der Waals surface area (Å²) in [7, 11) is 0. The van der Waals surface area contributed by atoms with Crippen LogP contribution >= 0.6 is 11.3 Å². The molecule has 7 aromatic carbocycles. The molecule has 0 aliphatic carbocycles. The fraction of sp³-hybridized carbons (Fsp3) is 0.0444. The van der Waals surface area contributed by atoms with Crippen molar-refractivity contribution < 1.29 is 8.83 Å². The number of rotatable bonds is 4. The Morgan fingerprint density at radius 1 is 0.490 bits per heavy atom. The van der Waals surface area contributed by atoms with Crippen LogP contribution < -0.4 is 10.6 Å². The Labute approximate surface area is 296 Å². The second-order valence-corrected chi connectivity index (χ2v) is 14.2. The molecule has 0 bridgehead atoms. The second-order valence-electron chi connectivity index (χ2n) is 13.2. The van der Waals surface area contributed by atoms with E-state index < -0.39 is 0 Å². The number of amidine groups is 1. The largest absolute Gasteiger partial charge is 0.456 e. The van der Waals surface area contributed by atoms with Crippen LogP contribution in [0.2, 0.25) is 0 Å². The fourth-order valence-electron chi connectivity index (χ4n) is 7.67. The molecule has 0 spiro atoms. The molecule has 2 unspecified atom stereocenters. The highest BCUT2D eigenvalue weighted by Crippen LogP contribution is 2.41. The van der Waals surface area contributed by atoms with Gasteiger partial charge in [-0.3, -0.25) is 5.32 Å². The van der Waals surface area contributed by atoms with E-state index in [9.17, 15) is 0 Å². The van der Waals surface area contributed by atoms with Gasteiger partial charge in [0, 0.05) is 47.3 Å². The highest BCUT2D eigenvalue weighted by molar-refractivity contribution is 7.26. The Bertz CT molecular complexity index is 3010. The zero-order valence-corrected chi connectivity index (χ0v) is 28.1. The van der Waals surface area contributed by atoms with Gasteiger partial charge in [0.1, 0.15) is 40.5 Å². The van der Waals surface area contributed by atoms with Crippen LogP contribution in [0.5, 0.6) is 0 Å². The Balaban J connectivity index is 1.03. The van der Waals surface area contributed by atoms with Gasteiger partial charge in [0.2, 0.25) is 0 Å². The number of nitrogens with zero attached hydrogens (tertiary/aromatic N) is 1. The van der Waals surface area contributed by atoms with Gasteiger partial charge in [-0.15, -0.1) is 11.3 Å². The number of nitrogens with one attached hydrogen (secondary N) is 2. The van der Waals surface area contributed by atoms with Crippen LogP contribution in [0, 0.1) is 0 Å². The molecule has 0 fully saturated rings. The first kappa shape index (κ1) is 28.6. The lowest BCUT2D eigenvalue weighted by Crippen LogP contribution is -2.44. The highest BCUT2D eigenvalue weighted by atomic mass is 32.1. The summed E-state index contributed by atoms with van der Waals surface area (Å²) in [5, 5.41) is 14.4. The third-order valence-electron chi connectivity index (χ3n) is 10.2. The lowest BCUT2D eigenvalue weighted by Gasteiger charge is -2.32. The van der Waals surface area contributed by atoms with Crippen LogP contribution in [0.3, 0.4) is 0 Å². The first-order valence-corrected chi connectivity index (χ1v) is 18.0. The topological polar surface area (TPSA) is 62.7 Å². The molecule has 2 atom stereocenters. The number of thiophene rings is 1. The number of furan rings is 2. The number of hydrogen-bond donors (Lipinski definition) is 2. The van der Waals surface area contributed by atoms with Gasteiger partial charge in [-0.1, -0.05) is 103 Å². The van der Waals surface area contributed by atoms with E-state index in [0.29, 0.717) is 0 Å². The summed E-state index contributed by atoms with van der Waals surface area (Å²) in [5.74, 6) is 0.819. The molecular formula is C45H29N3O2S. The van der Waals surface area contributed by atoms with Crippen molar-refractivity contribution >= 4 is 81.2 Å². The maximum absolute atomic E-state index is 6.39. The third kappa shape index (κ3) is 4.61. The minimum absolute atomic E-state index is 0.153. The maximum atomic E-state index is 6.39. The summed E-state index contributed by atoms with van der Waals surface area (Å²) in [6.45, 7) is 0. The van der Waals surface area contributed by atoms with E-state index in [1.807, 2.05) is 35.6 Å². The fourth-order valence-corrected chi connectivity index (χ4v) is 8.91. The van der Waals surface area contributed by atoms with Crippen LogP contribution in [0.25, 0.3) is 75.2 Å². The van der Waals surface area contributed by atoms with Gasteiger partial charge >= 0.3 is 0 Å².